The molecule has 1 saturated carbocycles. The fourth-order valence-electron chi connectivity index (χ4n) is 2.22. The molecule has 0 aromatic heterocycles. The molecule has 0 aromatic carbocycles. The first-order valence-corrected chi connectivity index (χ1v) is 8.63. The maximum atomic E-state index is 11.0. The molecular formula is C12H26N2O2S. The Labute approximate surface area is 106 Å². The van der Waals surface area contributed by atoms with E-state index in [0.29, 0.717) is 6.54 Å². The van der Waals surface area contributed by atoms with Crippen molar-refractivity contribution in [2.75, 3.05) is 38.7 Å². The van der Waals surface area contributed by atoms with E-state index in [1.54, 1.807) is 0 Å². The molecule has 0 aliphatic heterocycles. The number of hydrogen-bond acceptors (Lipinski definition) is 4. The molecule has 0 aromatic rings. The van der Waals surface area contributed by atoms with Crippen LogP contribution in [-0.2, 0) is 9.84 Å². The summed E-state index contributed by atoms with van der Waals surface area (Å²) in [5.41, 5.74) is 0. The van der Waals surface area contributed by atoms with Gasteiger partial charge >= 0.3 is 0 Å². The molecule has 1 rings (SSSR count). The number of sulfone groups is 1. The Morgan fingerprint density at radius 1 is 1.24 bits per heavy atom. The Bertz CT molecular complexity index is 298. The molecule has 1 aliphatic rings. The zero-order chi connectivity index (χ0) is 12.7. The van der Waals surface area contributed by atoms with Crippen LogP contribution in [0.25, 0.3) is 0 Å². The van der Waals surface area contributed by atoms with Crippen molar-refractivity contribution in [3.63, 3.8) is 0 Å². The quantitative estimate of drug-likeness (QED) is 0.660. The molecule has 0 radical (unpaired) electrons. The highest BCUT2D eigenvalue weighted by Gasteiger charge is 2.13. The molecule has 1 fully saturated rings. The van der Waals surface area contributed by atoms with Crippen molar-refractivity contribution in [3.05, 3.63) is 0 Å². The van der Waals surface area contributed by atoms with Crippen LogP contribution in [0.2, 0.25) is 0 Å². The lowest BCUT2D eigenvalue weighted by molar-refractivity contribution is 0.340. The van der Waals surface area contributed by atoms with Gasteiger partial charge in [-0.1, -0.05) is 12.8 Å². The summed E-state index contributed by atoms with van der Waals surface area (Å²) in [6, 6.07) is 0.733. The lowest BCUT2D eigenvalue weighted by Crippen LogP contribution is -2.31. The van der Waals surface area contributed by atoms with Crippen molar-refractivity contribution in [2.45, 2.75) is 38.1 Å². The van der Waals surface area contributed by atoms with Gasteiger partial charge in [0.2, 0.25) is 0 Å². The molecule has 0 amide bonds. The van der Waals surface area contributed by atoms with Crippen molar-refractivity contribution >= 4 is 9.84 Å². The summed E-state index contributed by atoms with van der Waals surface area (Å²) in [5.74, 6) is 0.263. The standard InChI is InChI=1S/C12H26N2O2S/c1-14(10-11-17(2,15)16)9-5-8-13-12-6-3-4-7-12/h12-13H,3-11H2,1-2H3. The second kappa shape index (κ2) is 7.34. The van der Waals surface area contributed by atoms with Crippen molar-refractivity contribution in [3.8, 4) is 0 Å². The number of hydrogen-bond donors (Lipinski definition) is 1. The van der Waals surface area contributed by atoms with E-state index in [4.69, 9.17) is 0 Å². The first kappa shape index (κ1) is 14.9. The van der Waals surface area contributed by atoms with Gasteiger partial charge in [0.15, 0.2) is 0 Å². The lowest BCUT2D eigenvalue weighted by Gasteiger charge is -2.17. The number of nitrogens with one attached hydrogen (secondary N) is 1. The van der Waals surface area contributed by atoms with E-state index in [1.165, 1.54) is 31.9 Å². The Balaban J connectivity index is 1.98. The molecule has 0 bridgehead atoms. The summed E-state index contributed by atoms with van der Waals surface area (Å²) in [6.45, 7) is 2.66. The summed E-state index contributed by atoms with van der Waals surface area (Å²) in [6.07, 6.45) is 7.77. The average Bonchev–Trinajstić information content (AvgIpc) is 2.73. The minimum atomic E-state index is -2.82. The van der Waals surface area contributed by atoms with Crippen LogP contribution in [0, 0.1) is 0 Å². The molecule has 1 aliphatic carbocycles. The predicted octanol–water partition coefficient (Wildman–Crippen LogP) is 0.885. The van der Waals surface area contributed by atoms with E-state index in [2.05, 4.69) is 10.2 Å². The van der Waals surface area contributed by atoms with Crippen LogP contribution < -0.4 is 5.32 Å². The van der Waals surface area contributed by atoms with Gasteiger partial charge in [-0.2, -0.15) is 0 Å². The summed E-state index contributed by atoms with van der Waals surface area (Å²) in [5, 5.41) is 3.56. The molecule has 0 heterocycles. The van der Waals surface area contributed by atoms with Crippen LogP contribution in [0.5, 0.6) is 0 Å². The van der Waals surface area contributed by atoms with Crippen molar-refractivity contribution in [1.29, 1.82) is 0 Å². The second-order valence-electron chi connectivity index (χ2n) is 5.22. The molecule has 1 N–H and O–H groups in total. The topological polar surface area (TPSA) is 49.4 Å². The predicted molar refractivity (Wildman–Crippen MR) is 72.1 cm³/mol. The molecule has 0 saturated heterocycles. The van der Waals surface area contributed by atoms with Gasteiger partial charge < -0.3 is 10.2 Å². The zero-order valence-corrected chi connectivity index (χ0v) is 11.9. The third-order valence-electron chi connectivity index (χ3n) is 3.35. The smallest absolute Gasteiger partial charge is 0.148 e. The Morgan fingerprint density at radius 3 is 2.47 bits per heavy atom. The van der Waals surface area contributed by atoms with E-state index in [9.17, 15) is 8.42 Å². The normalized spacial score (nSPS) is 18.1. The Hall–Kier alpha value is -0.130. The highest BCUT2D eigenvalue weighted by molar-refractivity contribution is 7.90. The fraction of sp³-hybridized carbons (Fsp3) is 1.00. The third kappa shape index (κ3) is 7.73. The van der Waals surface area contributed by atoms with Gasteiger partial charge in [-0.15, -0.1) is 0 Å². The van der Waals surface area contributed by atoms with Crippen LogP contribution in [-0.4, -0.2) is 58.1 Å². The number of nitrogens with zero attached hydrogens (tertiary/aromatic N) is 1. The van der Waals surface area contributed by atoms with E-state index in [1.807, 2.05) is 7.05 Å². The summed E-state index contributed by atoms with van der Waals surface area (Å²) < 4.78 is 22.0. The highest BCUT2D eigenvalue weighted by atomic mass is 32.2. The van der Waals surface area contributed by atoms with Gasteiger partial charge in [0.05, 0.1) is 5.75 Å². The lowest BCUT2D eigenvalue weighted by atomic mass is 10.2. The molecule has 0 spiro atoms. The fourth-order valence-corrected chi connectivity index (χ4v) is 2.86. The Morgan fingerprint density at radius 2 is 1.88 bits per heavy atom. The molecular weight excluding hydrogens is 236 g/mol. The van der Waals surface area contributed by atoms with E-state index < -0.39 is 9.84 Å². The summed E-state index contributed by atoms with van der Waals surface area (Å²) in [4.78, 5) is 2.09. The van der Waals surface area contributed by atoms with E-state index in [-0.39, 0.29) is 5.75 Å². The zero-order valence-electron chi connectivity index (χ0n) is 11.1. The van der Waals surface area contributed by atoms with Gasteiger partial charge in [0.1, 0.15) is 9.84 Å². The van der Waals surface area contributed by atoms with Gasteiger partial charge in [0, 0.05) is 18.8 Å². The van der Waals surface area contributed by atoms with Gasteiger partial charge in [-0.3, -0.25) is 0 Å². The van der Waals surface area contributed by atoms with Crippen molar-refractivity contribution < 1.29 is 8.42 Å². The van der Waals surface area contributed by atoms with Crippen molar-refractivity contribution in [1.82, 2.24) is 10.2 Å². The SMILES string of the molecule is CN(CCCNC1CCCC1)CCS(C)(=O)=O. The van der Waals surface area contributed by atoms with E-state index in [0.717, 1.165) is 25.6 Å². The van der Waals surface area contributed by atoms with Gasteiger partial charge in [0.25, 0.3) is 0 Å². The molecule has 17 heavy (non-hydrogen) atoms. The molecule has 0 atom stereocenters. The number of rotatable bonds is 8. The first-order valence-electron chi connectivity index (χ1n) is 6.57. The molecule has 4 nitrogen and oxygen atoms in total. The largest absolute Gasteiger partial charge is 0.314 e. The first-order chi connectivity index (χ1) is 7.97. The van der Waals surface area contributed by atoms with Gasteiger partial charge in [-0.25, -0.2) is 8.42 Å². The molecule has 102 valence electrons. The summed E-state index contributed by atoms with van der Waals surface area (Å²) >= 11 is 0. The van der Waals surface area contributed by atoms with Crippen LogP contribution in [0.15, 0.2) is 0 Å². The Kier molecular flexibility index (Phi) is 6.44. The monoisotopic (exact) mass is 262 g/mol. The van der Waals surface area contributed by atoms with Crippen molar-refractivity contribution in [2.24, 2.45) is 0 Å². The van der Waals surface area contributed by atoms with Crippen LogP contribution in [0.3, 0.4) is 0 Å². The maximum absolute atomic E-state index is 11.0. The molecule has 0 unspecified atom stereocenters. The van der Waals surface area contributed by atoms with Crippen LogP contribution >= 0.6 is 0 Å². The maximum Gasteiger partial charge on any atom is 0.148 e. The van der Waals surface area contributed by atoms with Gasteiger partial charge in [-0.05, 0) is 39.4 Å². The van der Waals surface area contributed by atoms with Crippen LogP contribution in [0.1, 0.15) is 32.1 Å². The summed E-state index contributed by atoms with van der Waals surface area (Å²) in [7, 11) is -0.833. The van der Waals surface area contributed by atoms with Crippen LogP contribution in [0.4, 0.5) is 0 Å². The van der Waals surface area contributed by atoms with E-state index >= 15 is 0 Å². The highest BCUT2D eigenvalue weighted by Crippen LogP contribution is 2.17. The molecule has 5 heteroatoms. The minimum Gasteiger partial charge on any atom is -0.314 e. The second-order valence-corrected chi connectivity index (χ2v) is 7.48. The third-order valence-corrected chi connectivity index (χ3v) is 4.27. The average molecular weight is 262 g/mol. The minimum absolute atomic E-state index is 0.263.